The predicted molar refractivity (Wildman–Crippen MR) is 63.4 cm³/mol. The zero-order valence-corrected chi connectivity index (χ0v) is 10.6. The minimum absolute atomic E-state index is 0.0141. The van der Waals surface area contributed by atoms with Gasteiger partial charge < -0.3 is 5.32 Å². The minimum atomic E-state index is -0.629. The van der Waals surface area contributed by atoms with Crippen molar-refractivity contribution in [3.05, 3.63) is 28.5 Å². The average Bonchev–Trinajstić information content (AvgIpc) is 2.14. The summed E-state index contributed by atoms with van der Waals surface area (Å²) in [5, 5.41) is 3.43. The number of aromatic nitrogens is 1. The summed E-state index contributed by atoms with van der Waals surface area (Å²) < 4.78 is 0. The number of carbonyl (C=O) groups excluding carboxylic acids is 1. The molecule has 1 aliphatic heterocycles. The monoisotopic (exact) mass is 238 g/mol. The molecule has 4 heteroatoms. The number of nitrogens with one attached hydrogen (secondary N) is 1. The number of amides is 1. The molecule has 0 atom stereocenters. The Balaban J connectivity index is 2.73. The predicted octanol–water partition coefficient (Wildman–Crippen LogP) is 2.38. The van der Waals surface area contributed by atoms with Crippen molar-refractivity contribution in [2.45, 2.75) is 38.6 Å². The molecule has 1 N–H and O–H groups in total. The van der Waals surface area contributed by atoms with Gasteiger partial charge in [-0.1, -0.05) is 17.7 Å². The average molecular weight is 239 g/mol. The smallest absolute Gasteiger partial charge is 0.232 e. The van der Waals surface area contributed by atoms with E-state index in [4.69, 9.17) is 11.6 Å². The molecule has 0 radical (unpaired) electrons. The lowest BCUT2D eigenvalue weighted by atomic mass is 9.75. The fraction of sp³-hybridized carbons (Fsp3) is 0.500. The number of fused-ring (bicyclic) bond motifs is 1. The number of carbonyl (C=O) groups is 1. The van der Waals surface area contributed by atoms with E-state index in [-0.39, 0.29) is 11.4 Å². The standard InChI is InChI=1S/C12H15ClN2O/c1-11(2)9-7(5-6-8(13)14-9)12(3,4)15-10(11)16/h5-6H,1-4H3,(H,15,16). The first-order chi connectivity index (χ1) is 7.25. The Morgan fingerprint density at radius 1 is 1.25 bits per heavy atom. The number of nitrogens with zero attached hydrogens (tertiary/aromatic N) is 1. The second-order valence-corrected chi connectivity index (χ2v) is 5.62. The number of rotatable bonds is 0. The third-order valence-electron chi connectivity index (χ3n) is 3.12. The molecule has 0 aromatic carbocycles. The molecule has 16 heavy (non-hydrogen) atoms. The van der Waals surface area contributed by atoms with Gasteiger partial charge in [-0.05, 0) is 39.3 Å². The van der Waals surface area contributed by atoms with Crippen LogP contribution in [0.3, 0.4) is 0 Å². The van der Waals surface area contributed by atoms with Crippen LogP contribution in [0.5, 0.6) is 0 Å². The van der Waals surface area contributed by atoms with Crippen molar-refractivity contribution in [2.24, 2.45) is 0 Å². The number of pyridine rings is 1. The van der Waals surface area contributed by atoms with Gasteiger partial charge in [-0.3, -0.25) is 4.79 Å². The summed E-state index contributed by atoms with van der Waals surface area (Å²) in [4.78, 5) is 16.3. The molecule has 1 aromatic rings. The Morgan fingerprint density at radius 2 is 1.88 bits per heavy atom. The van der Waals surface area contributed by atoms with Crippen molar-refractivity contribution in [2.75, 3.05) is 0 Å². The van der Waals surface area contributed by atoms with Crippen LogP contribution in [0.25, 0.3) is 0 Å². The maximum atomic E-state index is 12.0. The maximum absolute atomic E-state index is 12.0. The third kappa shape index (κ3) is 1.50. The molecule has 2 heterocycles. The summed E-state index contributed by atoms with van der Waals surface area (Å²) in [5.74, 6) is -0.0141. The Kier molecular flexibility index (Phi) is 2.28. The van der Waals surface area contributed by atoms with Gasteiger partial charge in [0.05, 0.1) is 16.6 Å². The molecule has 3 nitrogen and oxygen atoms in total. The van der Waals surface area contributed by atoms with Gasteiger partial charge in [-0.25, -0.2) is 4.98 Å². The van der Waals surface area contributed by atoms with Crippen LogP contribution in [0.1, 0.15) is 39.0 Å². The molecule has 0 saturated carbocycles. The zero-order chi connectivity index (χ0) is 12.1. The highest BCUT2D eigenvalue weighted by Crippen LogP contribution is 2.37. The van der Waals surface area contributed by atoms with Crippen LogP contribution in [0.4, 0.5) is 0 Å². The Hall–Kier alpha value is -1.09. The van der Waals surface area contributed by atoms with Gasteiger partial charge >= 0.3 is 0 Å². The van der Waals surface area contributed by atoms with Crippen LogP contribution < -0.4 is 5.32 Å². The van der Waals surface area contributed by atoms with E-state index in [1.807, 2.05) is 33.8 Å². The number of halogens is 1. The van der Waals surface area contributed by atoms with Crippen LogP contribution in [-0.2, 0) is 15.7 Å². The van der Waals surface area contributed by atoms with E-state index in [0.29, 0.717) is 5.15 Å². The van der Waals surface area contributed by atoms with Crippen molar-refractivity contribution in [3.63, 3.8) is 0 Å². The molecule has 0 saturated heterocycles. The fourth-order valence-electron chi connectivity index (χ4n) is 2.03. The summed E-state index contributed by atoms with van der Waals surface area (Å²) in [6.07, 6.45) is 0. The SMILES string of the molecule is CC1(C)NC(=O)C(C)(C)c2nc(Cl)ccc21. The van der Waals surface area contributed by atoms with E-state index >= 15 is 0 Å². The second-order valence-electron chi connectivity index (χ2n) is 5.23. The summed E-state index contributed by atoms with van der Waals surface area (Å²) in [6, 6.07) is 3.70. The van der Waals surface area contributed by atoms with E-state index in [1.54, 1.807) is 6.07 Å². The molecule has 0 aliphatic carbocycles. The molecular formula is C12H15ClN2O. The number of hydrogen-bond donors (Lipinski definition) is 1. The first-order valence-electron chi connectivity index (χ1n) is 5.25. The summed E-state index contributed by atoms with van der Waals surface area (Å²) >= 11 is 5.90. The van der Waals surface area contributed by atoms with Gasteiger partial charge in [0.25, 0.3) is 0 Å². The lowest BCUT2D eigenvalue weighted by molar-refractivity contribution is -0.128. The van der Waals surface area contributed by atoms with Crippen molar-refractivity contribution in [1.82, 2.24) is 10.3 Å². The maximum Gasteiger partial charge on any atom is 0.232 e. The highest BCUT2D eigenvalue weighted by molar-refractivity contribution is 6.29. The molecule has 0 fully saturated rings. The molecule has 2 rings (SSSR count). The highest BCUT2D eigenvalue weighted by Gasteiger charge is 2.44. The lowest BCUT2D eigenvalue weighted by Crippen LogP contribution is -2.55. The van der Waals surface area contributed by atoms with Crippen LogP contribution in [0, 0.1) is 0 Å². The summed E-state index contributed by atoms with van der Waals surface area (Å²) in [6.45, 7) is 7.66. The fourth-order valence-corrected chi connectivity index (χ4v) is 2.18. The largest absolute Gasteiger partial charge is 0.346 e. The van der Waals surface area contributed by atoms with Gasteiger partial charge in [-0.15, -0.1) is 0 Å². The molecule has 0 bridgehead atoms. The Bertz CT molecular complexity index is 466. The molecule has 0 unspecified atom stereocenters. The second kappa shape index (κ2) is 3.20. The van der Waals surface area contributed by atoms with E-state index in [2.05, 4.69) is 10.3 Å². The van der Waals surface area contributed by atoms with E-state index < -0.39 is 5.41 Å². The van der Waals surface area contributed by atoms with Crippen LogP contribution in [0.15, 0.2) is 12.1 Å². The highest BCUT2D eigenvalue weighted by atomic mass is 35.5. The van der Waals surface area contributed by atoms with Crippen molar-refractivity contribution >= 4 is 17.5 Å². The van der Waals surface area contributed by atoms with Gasteiger partial charge in [-0.2, -0.15) is 0 Å². The Morgan fingerprint density at radius 3 is 2.50 bits per heavy atom. The first-order valence-corrected chi connectivity index (χ1v) is 5.63. The molecule has 86 valence electrons. The van der Waals surface area contributed by atoms with Crippen molar-refractivity contribution in [1.29, 1.82) is 0 Å². The molecule has 0 spiro atoms. The van der Waals surface area contributed by atoms with E-state index in [9.17, 15) is 4.79 Å². The van der Waals surface area contributed by atoms with Gasteiger partial charge in [0, 0.05) is 0 Å². The van der Waals surface area contributed by atoms with Gasteiger partial charge in [0.15, 0.2) is 0 Å². The van der Waals surface area contributed by atoms with Crippen LogP contribution in [-0.4, -0.2) is 10.9 Å². The van der Waals surface area contributed by atoms with Crippen molar-refractivity contribution in [3.8, 4) is 0 Å². The van der Waals surface area contributed by atoms with Gasteiger partial charge in [0.2, 0.25) is 5.91 Å². The molecule has 1 aromatic heterocycles. The van der Waals surface area contributed by atoms with E-state index in [1.165, 1.54) is 0 Å². The zero-order valence-electron chi connectivity index (χ0n) is 9.89. The van der Waals surface area contributed by atoms with Crippen molar-refractivity contribution < 1.29 is 4.79 Å². The Labute approximate surface area is 100 Å². The van der Waals surface area contributed by atoms with Crippen LogP contribution >= 0.6 is 11.6 Å². The first kappa shape index (κ1) is 11.4. The number of hydrogen-bond acceptors (Lipinski definition) is 2. The lowest BCUT2D eigenvalue weighted by Gasteiger charge is -2.40. The molecule has 1 aliphatic rings. The quantitative estimate of drug-likeness (QED) is 0.706. The summed E-state index contributed by atoms with van der Waals surface area (Å²) in [7, 11) is 0. The topological polar surface area (TPSA) is 42.0 Å². The molecular weight excluding hydrogens is 224 g/mol. The normalized spacial score (nSPS) is 21.2. The van der Waals surface area contributed by atoms with E-state index in [0.717, 1.165) is 11.3 Å². The van der Waals surface area contributed by atoms with Crippen LogP contribution in [0.2, 0.25) is 5.15 Å². The third-order valence-corrected chi connectivity index (χ3v) is 3.33. The minimum Gasteiger partial charge on any atom is -0.346 e. The van der Waals surface area contributed by atoms with Gasteiger partial charge in [0.1, 0.15) is 5.15 Å². The summed E-state index contributed by atoms with van der Waals surface area (Å²) in [5.41, 5.74) is 0.783. The molecule has 1 amide bonds.